The summed E-state index contributed by atoms with van der Waals surface area (Å²) >= 11 is 0. The highest BCUT2D eigenvalue weighted by Gasteiger charge is 2.25. The fourth-order valence-electron chi connectivity index (χ4n) is 2.60. The SMILES string of the molecule is C=CCOc1c(C(C)NC2CC2)ccc2ccccc12. The van der Waals surface area contributed by atoms with Crippen LogP contribution in [0.15, 0.2) is 49.1 Å². The van der Waals surface area contributed by atoms with Gasteiger partial charge in [0.15, 0.2) is 0 Å². The molecule has 0 spiro atoms. The molecule has 1 unspecified atom stereocenters. The zero-order chi connectivity index (χ0) is 13.9. The van der Waals surface area contributed by atoms with Gasteiger partial charge < -0.3 is 10.1 Å². The van der Waals surface area contributed by atoms with Gasteiger partial charge in [-0.2, -0.15) is 0 Å². The summed E-state index contributed by atoms with van der Waals surface area (Å²) in [5.41, 5.74) is 1.23. The zero-order valence-corrected chi connectivity index (χ0v) is 11.9. The Morgan fingerprint density at radius 1 is 1.30 bits per heavy atom. The third-order valence-corrected chi connectivity index (χ3v) is 3.79. The second-order valence-corrected chi connectivity index (χ2v) is 5.47. The Labute approximate surface area is 120 Å². The molecule has 0 bridgehead atoms. The van der Waals surface area contributed by atoms with E-state index in [0.29, 0.717) is 18.7 Å². The molecule has 2 heteroatoms. The van der Waals surface area contributed by atoms with Crippen LogP contribution in [-0.2, 0) is 0 Å². The van der Waals surface area contributed by atoms with Crippen LogP contribution < -0.4 is 10.1 Å². The second kappa shape index (κ2) is 5.68. The minimum atomic E-state index is 0.312. The van der Waals surface area contributed by atoms with E-state index in [0.717, 1.165) is 5.75 Å². The van der Waals surface area contributed by atoms with Crippen LogP contribution in [0.2, 0.25) is 0 Å². The van der Waals surface area contributed by atoms with Gasteiger partial charge in [0.25, 0.3) is 0 Å². The monoisotopic (exact) mass is 267 g/mol. The maximum atomic E-state index is 5.96. The van der Waals surface area contributed by atoms with Gasteiger partial charge in [-0.25, -0.2) is 0 Å². The van der Waals surface area contributed by atoms with Crippen molar-refractivity contribution in [2.45, 2.75) is 31.8 Å². The lowest BCUT2D eigenvalue weighted by Gasteiger charge is -2.19. The van der Waals surface area contributed by atoms with Gasteiger partial charge in [0.1, 0.15) is 12.4 Å². The van der Waals surface area contributed by atoms with Crippen LogP contribution in [0.3, 0.4) is 0 Å². The standard InChI is InChI=1S/C18H21NO/c1-3-12-20-18-16(13(2)19-15-9-10-15)11-8-14-6-4-5-7-17(14)18/h3-8,11,13,15,19H,1,9-10,12H2,2H3. The molecule has 0 aliphatic heterocycles. The molecule has 3 rings (SSSR count). The molecular weight excluding hydrogens is 246 g/mol. The van der Waals surface area contributed by atoms with E-state index in [2.05, 4.69) is 55.2 Å². The molecule has 0 heterocycles. The molecule has 1 aliphatic rings. The van der Waals surface area contributed by atoms with Crippen molar-refractivity contribution in [3.05, 3.63) is 54.6 Å². The number of ether oxygens (including phenoxy) is 1. The fraction of sp³-hybridized carbons (Fsp3) is 0.333. The van der Waals surface area contributed by atoms with Crippen LogP contribution >= 0.6 is 0 Å². The van der Waals surface area contributed by atoms with E-state index in [1.807, 2.05) is 0 Å². The van der Waals surface area contributed by atoms with Crippen molar-refractivity contribution in [1.82, 2.24) is 5.32 Å². The van der Waals surface area contributed by atoms with E-state index in [4.69, 9.17) is 4.74 Å². The first kappa shape index (κ1) is 13.2. The molecule has 20 heavy (non-hydrogen) atoms. The Morgan fingerprint density at radius 2 is 2.10 bits per heavy atom. The van der Waals surface area contributed by atoms with Crippen molar-refractivity contribution < 1.29 is 4.74 Å². The summed E-state index contributed by atoms with van der Waals surface area (Å²) in [5.74, 6) is 0.989. The molecule has 2 aromatic rings. The van der Waals surface area contributed by atoms with E-state index >= 15 is 0 Å². The van der Waals surface area contributed by atoms with Crippen LogP contribution in [-0.4, -0.2) is 12.6 Å². The number of nitrogens with one attached hydrogen (secondary N) is 1. The van der Waals surface area contributed by atoms with E-state index in [-0.39, 0.29) is 0 Å². The smallest absolute Gasteiger partial charge is 0.132 e. The van der Waals surface area contributed by atoms with E-state index in [9.17, 15) is 0 Å². The van der Waals surface area contributed by atoms with Crippen molar-refractivity contribution in [2.24, 2.45) is 0 Å². The second-order valence-electron chi connectivity index (χ2n) is 5.47. The summed E-state index contributed by atoms with van der Waals surface area (Å²) in [6, 6.07) is 13.7. The van der Waals surface area contributed by atoms with Crippen molar-refractivity contribution in [1.29, 1.82) is 0 Å². The highest BCUT2D eigenvalue weighted by atomic mass is 16.5. The zero-order valence-electron chi connectivity index (χ0n) is 11.9. The summed E-state index contributed by atoms with van der Waals surface area (Å²) in [7, 11) is 0. The predicted molar refractivity (Wildman–Crippen MR) is 84.2 cm³/mol. The molecule has 1 saturated carbocycles. The first-order valence-corrected chi connectivity index (χ1v) is 7.31. The van der Waals surface area contributed by atoms with Crippen molar-refractivity contribution in [2.75, 3.05) is 6.61 Å². The average molecular weight is 267 g/mol. The Morgan fingerprint density at radius 3 is 2.85 bits per heavy atom. The molecule has 0 saturated heterocycles. The topological polar surface area (TPSA) is 21.3 Å². The normalized spacial score (nSPS) is 16.1. The quantitative estimate of drug-likeness (QED) is 0.791. The third kappa shape index (κ3) is 2.70. The molecule has 104 valence electrons. The average Bonchev–Trinajstić information content (AvgIpc) is 3.28. The molecule has 1 N–H and O–H groups in total. The number of hydrogen-bond donors (Lipinski definition) is 1. The number of fused-ring (bicyclic) bond motifs is 1. The third-order valence-electron chi connectivity index (χ3n) is 3.79. The molecule has 0 aromatic heterocycles. The molecular formula is C18H21NO. The molecule has 1 fully saturated rings. The van der Waals surface area contributed by atoms with Crippen molar-refractivity contribution in [3.8, 4) is 5.75 Å². The predicted octanol–water partition coefficient (Wildman–Crippen LogP) is 4.22. The van der Waals surface area contributed by atoms with Gasteiger partial charge in [0.2, 0.25) is 0 Å². The highest BCUT2D eigenvalue weighted by Crippen LogP contribution is 2.35. The maximum Gasteiger partial charge on any atom is 0.132 e. The van der Waals surface area contributed by atoms with Crippen LogP contribution in [0.25, 0.3) is 10.8 Å². The van der Waals surface area contributed by atoms with Crippen molar-refractivity contribution >= 4 is 10.8 Å². The summed E-state index contributed by atoms with van der Waals surface area (Å²) in [5, 5.41) is 6.04. The van der Waals surface area contributed by atoms with Crippen LogP contribution in [0, 0.1) is 0 Å². The number of hydrogen-bond acceptors (Lipinski definition) is 2. The lowest BCUT2D eigenvalue weighted by Crippen LogP contribution is -2.21. The van der Waals surface area contributed by atoms with E-state index in [1.54, 1.807) is 6.08 Å². The summed E-state index contributed by atoms with van der Waals surface area (Å²) in [6.07, 6.45) is 4.38. The van der Waals surface area contributed by atoms with Gasteiger partial charge in [-0.3, -0.25) is 0 Å². The number of benzene rings is 2. The van der Waals surface area contributed by atoms with Gasteiger partial charge in [-0.05, 0) is 25.2 Å². The first-order chi connectivity index (χ1) is 9.79. The molecule has 1 atom stereocenters. The summed E-state index contributed by atoms with van der Waals surface area (Å²) < 4.78 is 5.96. The Balaban J connectivity index is 2.01. The molecule has 1 aliphatic carbocycles. The van der Waals surface area contributed by atoms with Crippen LogP contribution in [0.5, 0.6) is 5.75 Å². The van der Waals surface area contributed by atoms with Crippen molar-refractivity contribution in [3.63, 3.8) is 0 Å². The minimum absolute atomic E-state index is 0.312. The Hall–Kier alpha value is -1.80. The Bertz CT molecular complexity index is 616. The lowest BCUT2D eigenvalue weighted by molar-refractivity contribution is 0.358. The van der Waals surface area contributed by atoms with Crippen LogP contribution in [0.1, 0.15) is 31.4 Å². The molecule has 0 radical (unpaired) electrons. The van der Waals surface area contributed by atoms with Gasteiger partial charge >= 0.3 is 0 Å². The molecule has 2 nitrogen and oxygen atoms in total. The maximum absolute atomic E-state index is 5.96. The number of rotatable bonds is 6. The van der Waals surface area contributed by atoms with Gasteiger partial charge in [-0.1, -0.05) is 49.1 Å². The van der Waals surface area contributed by atoms with Gasteiger partial charge in [0.05, 0.1) is 0 Å². The summed E-state index contributed by atoms with van der Waals surface area (Å²) in [4.78, 5) is 0. The molecule has 2 aromatic carbocycles. The van der Waals surface area contributed by atoms with E-state index in [1.165, 1.54) is 29.2 Å². The van der Waals surface area contributed by atoms with Gasteiger partial charge in [0, 0.05) is 23.0 Å². The van der Waals surface area contributed by atoms with Gasteiger partial charge in [-0.15, -0.1) is 0 Å². The van der Waals surface area contributed by atoms with E-state index < -0.39 is 0 Å². The highest BCUT2D eigenvalue weighted by molar-refractivity contribution is 5.89. The largest absolute Gasteiger partial charge is 0.489 e. The first-order valence-electron chi connectivity index (χ1n) is 7.31. The lowest BCUT2D eigenvalue weighted by atomic mass is 10.0. The fourth-order valence-corrected chi connectivity index (χ4v) is 2.60. The Kier molecular flexibility index (Phi) is 3.75. The minimum Gasteiger partial charge on any atom is -0.489 e. The summed E-state index contributed by atoms with van der Waals surface area (Å²) in [6.45, 7) is 6.50. The molecule has 0 amide bonds. The van der Waals surface area contributed by atoms with Crippen LogP contribution in [0.4, 0.5) is 0 Å².